The first kappa shape index (κ1) is 16.6. The van der Waals surface area contributed by atoms with Gasteiger partial charge in [0, 0.05) is 6.42 Å². The Balaban J connectivity index is 1.96. The molecule has 0 aromatic heterocycles. The zero-order chi connectivity index (χ0) is 17.1. The molecule has 128 valence electrons. The molecule has 24 heavy (non-hydrogen) atoms. The van der Waals surface area contributed by atoms with E-state index >= 15 is 0 Å². The molecule has 0 unspecified atom stereocenters. The summed E-state index contributed by atoms with van der Waals surface area (Å²) in [6.07, 6.45) is 1.55. The van der Waals surface area contributed by atoms with E-state index in [2.05, 4.69) is 0 Å². The van der Waals surface area contributed by atoms with E-state index in [1.165, 1.54) is 6.07 Å². The number of aryl methyl sites for hydroxylation is 1. The summed E-state index contributed by atoms with van der Waals surface area (Å²) in [6, 6.07) is 9.98. The highest BCUT2D eigenvalue weighted by molar-refractivity contribution is 5.49. The van der Waals surface area contributed by atoms with E-state index in [0.717, 1.165) is 30.4 Å². The van der Waals surface area contributed by atoms with Crippen molar-refractivity contribution in [3.8, 4) is 23.0 Å². The molecule has 2 aromatic rings. The SMILES string of the molecule is Oc1cc2ccc1Oc1cc(ccc1O)C[C@H](O)[C@@H](O)CCCC2. The molecule has 0 saturated carbocycles. The Morgan fingerprint density at radius 1 is 0.792 bits per heavy atom. The van der Waals surface area contributed by atoms with Crippen LogP contribution in [0.5, 0.6) is 23.0 Å². The van der Waals surface area contributed by atoms with Crippen molar-refractivity contribution in [2.75, 3.05) is 0 Å². The molecule has 4 N–H and O–H groups in total. The van der Waals surface area contributed by atoms with Gasteiger partial charge >= 0.3 is 0 Å². The van der Waals surface area contributed by atoms with Gasteiger partial charge in [-0.1, -0.05) is 18.6 Å². The van der Waals surface area contributed by atoms with E-state index in [9.17, 15) is 20.4 Å². The number of aromatic hydroxyl groups is 2. The standard InChI is InChI=1S/C19H22O5/c20-14-4-2-1-3-12-6-8-18(17(23)9-12)24-19-11-13(10-16(14)22)5-7-15(19)21/h5-9,11,14,16,20-23H,1-4,10H2/t14-,16-/m0/s1. The minimum absolute atomic E-state index is 0.0206. The van der Waals surface area contributed by atoms with Gasteiger partial charge < -0.3 is 25.2 Å². The van der Waals surface area contributed by atoms with Crippen LogP contribution in [-0.4, -0.2) is 32.6 Å². The molecule has 0 saturated heterocycles. The molecule has 2 heterocycles. The molecule has 5 heteroatoms. The second-order valence-electron chi connectivity index (χ2n) is 6.29. The molecule has 2 atom stereocenters. The maximum Gasteiger partial charge on any atom is 0.169 e. The lowest BCUT2D eigenvalue weighted by molar-refractivity contribution is 0.0138. The summed E-state index contributed by atoms with van der Waals surface area (Å²) in [7, 11) is 0. The average molecular weight is 330 g/mol. The zero-order valence-corrected chi connectivity index (χ0v) is 13.4. The third-order valence-electron chi connectivity index (χ3n) is 4.37. The number of phenols is 2. The maximum absolute atomic E-state index is 10.2. The van der Waals surface area contributed by atoms with Crippen LogP contribution in [0.25, 0.3) is 0 Å². The molecule has 4 rings (SSSR count). The van der Waals surface area contributed by atoms with Crippen LogP contribution in [0.2, 0.25) is 0 Å². The lowest BCUT2D eigenvalue weighted by atomic mass is 9.98. The first-order chi connectivity index (χ1) is 11.5. The molecule has 2 aliphatic heterocycles. The van der Waals surface area contributed by atoms with Gasteiger partial charge in [-0.15, -0.1) is 0 Å². The van der Waals surface area contributed by atoms with E-state index in [-0.39, 0.29) is 29.4 Å². The normalized spacial score (nSPS) is 21.6. The van der Waals surface area contributed by atoms with Crippen molar-refractivity contribution >= 4 is 0 Å². The van der Waals surface area contributed by atoms with Crippen LogP contribution in [0, 0.1) is 0 Å². The fraction of sp³-hybridized carbons (Fsp3) is 0.368. The second kappa shape index (κ2) is 7.11. The van der Waals surface area contributed by atoms with Crippen LogP contribution < -0.4 is 4.74 Å². The Morgan fingerprint density at radius 3 is 2.38 bits per heavy atom. The van der Waals surface area contributed by atoms with Crippen LogP contribution >= 0.6 is 0 Å². The number of phenolic OH excluding ortho intramolecular Hbond substituents is 2. The number of fused-ring (bicyclic) bond motifs is 8. The van der Waals surface area contributed by atoms with Gasteiger partial charge in [-0.3, -0.25) is 0 Å². The smallest absolute Gasteiger partial charge is 0.169 e. The molecule has 0 fully saturated rings. The van der Waals surface area contributed by atoms with Gasteiger partial charge in [0.25, 0.3) is 0 Å². The van der Waals surface area contributed by atoms with Crippen molar-refractivity contribution in [2.24, 2.45) is 0 Å². The van der Waals surface area contributed by atoms with Crippen LogP contribution in [-0.2, 0) is 12.8 Å². The third-order valence-corrected chi connectivity index (χ3v) is 4.37. The summed E-state index contributed by atoms with van der Waals surface area (Å²) in [4.78, 5) is 0. The van der Waals surface area contributed by atoms with Crippen molar-refractivity contribution in [3.05, 3.63) is 47.5 Å². The second-order valence-corrected chi connectivity index (χ2v) is 6.29. The van der Waals surface area contributed by atoms with Crippen LogP contribution in [0.1, 0.15) is 30.4 Å². The van der Waals surface area contributed by atoms with Crippen LogP contribution in [0.3, 0.4) is 0 Å². The summed E-state index contributed by atoms with van der Waals surface area (Å²) in [5.74, 6) is 0.433. The van der Waals surface area contributed by atoms with Gasteiger partial charge in [-0.2, -0.15) is 0 Å². The molecule has 0 spiro atoms. The Kier molecular flexibility index (Phi) is 4.92. The van der Waals surface area contributed by atoms with Gasteiger partial charge in [-0.05, 0) is 54.7 Å². The fourth-order valence-corrected chi connectivity index (χ4v) is 2.94. The molecule has 5 nitrogen and oxygen atoms in total. The van der Waals surface area contributed by atoms with Gasteiger partial charge in [0.1, 0.15) is 0 Å². The summed E-state index contributed by atoms with van der Waals surface area (Å²) >= 11 is 0. The number of benzene rings is 2. The van der Waals surface area contributed by atoms with Crippen LogP contribution in [0.15, 0.2) is 36.4 Å². The number of hydrogen-bond acceptors (Lipinski definition) is 5. The molecule has 4 bridgehead atoms. The van der Waals surface area contributed by atoms with Crippen molar-refractivity contribution in [1.82, 2.24) is 0 Å². The average Bonchev–Trinajstić information content (AvgIpc) is 2.56. The first-order valence-electron chi connectivity index (χ1n) is 8.20. The summed E-state index contributed by atoms with van der Waals surface area (Å²) in [5.41, 5.74) is 1.71. The van der Waals surface area contributed by atoms with Gasteiger partial charge in [0.15, 0.2) is 23.0 Å². The third kappa shape index (κ3) is 3.80. The lowest BCUT2D eigenvalue weighted by Crippen LogP contribution is -2.27. The van der Waals surface area contributed by atoms with E-state index in [1.807, 2.05) is 6.07 Å². The summed E-state index contributed by atoms with van der Waals surface area (Å²) in [5, 5.41) is 40.4. The Labute approximate surface area is 140 Å². The Bertz CT molecular complexity index is 713. The van der Waals surface area contributed by atoms with E-state index in [1.54, 1.807) is 24.3 Å². The number of aliphatic hydroxyl groups excluding tert-OH is 2. The Hall–Kier alpha value is -2.24. The first-order valence-corrected chi connectivity index (χ1v) is 8.20. The number of hydrogen-bond donors (Lipinski definition) is 4. The number of ether oxygens (including phenoxy) is 1. The number of aliphatic hydroxyl groups is 2. The molecule has 2 aromatic carbocycles. The topological polar surface area (TPSA) is 90.2 Å². The quantitative estimate of drug-likeness (QED) is 0.596. The summed E-state index contributed by atoms with van der Waals surface area (Å²) in [6.45, 7) is 0. The van der Waals surface area contributed by atoms with E-state index in [4.69, 9.17) is 4.74 Å². The highest BCUT2D eigenvalue weighted by atomic mass is 16.5. The molecular weight excluding hydrogens is 308 g/mol. The lowest BCUT2D eigenvalue weighted by Gasteiger charge is -2.18. The van der Waals surface area contributed by atoms with Crippen molar-refractivity contribution in [3.63, 3.8) is 0 Å². The molecular formula is C19H22O5. The van der Waals surface area contributed by atoms with E-state index < -0.39 is 12.2 Å². The molecule has 0 amide bonds. The van der Waals surface area contributed by atoms with Crippen LogP contribution in [0.4, 0.5) is 0 Å². The highest BCUT2D eigenvalue weighted by Gasteiger charge is 2.18. The van der Waals surface area contributed by atoms with Crippen molar-refractivity contribution < 1.29 is 25.2 Å². The van der Waals surface area contributed by atoms with E-state index in [0.29, 0.717) is 6.42 Å². The zero-order valence-electron chi connectivity index (χ0n) is 13.4. The predicted molar refractivity (Wildman–Crippen MR) is 89.6 cm³/mol. The summed E-state index contributed by atoms with van der Waals surface area (Å²) < 4.78 is 5.63. The molecule has 2 aliphatic rings. The fourth-order valence-electron chi connectivity index (χ4n) is 2.94. The van der Waals surface area contributed by atoms with Crippen molar-refractivity contribution in [1.29, 1.82) is 0 Å². The minimum atomic E-state index is -0.866. The maximum atomic E-state index is 10.2. The monoisotopic (exact) mass is 330 g/mol. The molecule has 0 radical (unpaired) electrons. The number of rotatable bonds is 0. The van der Waals surface area contributed by atoms with Crippen molar-refractivity contribution in [2.45, 2.75) is 44.3 Å². The van der Waals surface area contributed by atoms with Gasteiger partial charge in [-0.25, -0.2) is 0 Å². The minimum Gasteiger partial charge on any atom is -0.504 e. The molecule has 0 aliphatic carbocycles. The predicted octanol–water partition coefficient (Wildman–Crippen LogP) is 2.88. The largest absolute Gasteiger partial charge is 0.504 e. The van der Waals surface area contributed by atoms with Gasteiger partial charge in [0.2, 0.25) is 0 Å². The Morgan fingerprint density at radius 2 is 1.58 bits per heavy atom. The highest BCUT2D eigenvalue weighted by Crippen LogP contribution is 2.37. The van der Waals surface area contributed by atoms with Gasteiger partial charge in [0.05, 0.1) is 12.2 Å².